The second kappa shape index (κ2) is 8.60. The zero-order chi connectivity index (χ0) is 24.0. The first-order valence-corrected chi connectivity index (χ1v) is 11.6. The number of hydrogen-bond acceptors (Lipinski definition) is 7. The van der Waals surface area contributed by atoms with E-state index in [1.807, 2.05) is 42.6 Å². The molecular formula is C23H15Cl2N5O3S. The number of nitrogens with two attached hydrogens (primary N) is 1. The predicted molar refractivity (Wildman–Crippen MR) is 135 cm³/mol. The number of pyridine rings is 1. The molecule has 0 fully saturated rings. The van der Waals surface area contributed by atoms with Crippen LogP contribution in [0.15, 0.2) is 63.5 Å². The number of aromatic amines is 1. The van der Waals surface area contributed by atoms with Crippen LogP contribution in [0.1, 0.15) is 5.56 Å². The van der Waals surface area contributed by atoms with Gasteiger partial charge in [-0.15, -0.1) is 16.4 Å². The minimum absolute atomic E-state index is 0.143. The maximum absolute atomic E-state index is 12.1. The van der Waals surface area contributed by atoms with Crippen LogP contribution >= 0.6 is 34.5 Å². The highest BCUT2D eigenvalue weighted by molar-refractivity contribution is 7.13. The van der Waals surface area contributed by atoms with Crippen molar-refractivity contribution < 1.29 is 4.74 Å². The third-order valence-corrected chi connectivity index (χ3v) is 6.52. The van der Waals surface area contributed by atoms with Gasteiger partial charge >= 0.3 is 5.69 Å². The molecule has 0 radical (unpaired) electrons. The summed E-state index contributed by atoms with van der Waals surface area (Å²) >= 11 is 14.5. The van der Waals surface area contributed by atoms with Crippen molar-refractivity contribution >= 4 is 51.3 Å². The van der Waals surface area contributed by atoms with Crippen molar-refractivity contribution in [3.05, 3.63) is 90.4 Å². The van der Waals surface area contributed by atoms with Crippen molar-refractivity contribution in [1.29, 1.82) is 0 Å². The fourth-order valence-electron chi connectivity index (χ4n) is 3.46. The lowest BCUT2D eigenvalue weighted by atomic mass is 10.1. The van der Waals surface area contributed by atoms with Crippen molar-refractivity contribution in [3.63, 3.8) is 0 Å². The second-order valence-corrected chi connectivity index (χ2v) is 9.14. The number of halogens is 2. The summed E-state index contributed by atoms with van der Waals surface area (Å²) in [7, 11) is 0. The van der Waals surface area contributed by atoms with Gasteiger partial charge in [0.15, 0.2) is 5.75 Å². The molecule has 0 bridgehead atoms. The van der Waals surface area contributed by atoms with Crippen molar-refractivity contribution in [2.24, 2.45) is 0 Å². The Balaban J connectivity index is 1.51. The van der Waals surface area contributed by atoms with Gasteiger partial charge < -0.3 is 10.5 Å². The summed E-state index contributed by atoms with van der Waals surface area (Å²) in [6.07, 6.45) is 0. The van der Waals surface area contributed by atoms with Crippen LogP contribution in [0.2, 0.25) is 10.0 Å². The molecule has 0 unspecified atom stereocenters. The van der Waals surface area contributed by atoms with E-state index in [1.165, 1.54) is 12.1 Å². The van der Waals surface area contributed by atoms with E-state index < -0.39 is 11.2 Å². The third-order valence-electron chi connectivity index (χ3n) is 5.06. The monoisotopic (exact) mass is 511 g/mol. The molecule has 5 aromatic rings. The lowest BCUT2D eigenvalue weighted by Gasteiger charge is -2.13. The zero-order valence-electron chi connectivity index (χ0n) is 17.5. The number of benzene rings is 2. The van der Waals surface area contributed by atoms with Crippen LogP contribution in [0.4, 0.5) is 5.82 Å². The van der Waals surface area contributed by atoms with E-state index in [1.54, 1.807) is 17.4 Å². The summed E-state index contributed by atoms with van der Waals surface area (Å²) in [6.45, 7) is 2.01. The first-order chi connectivity index (χ1) is 16.3. The van der Waals surface area contributed by atoms with E-state index in [-0.39, 0.29) is 27.3 Å². The summed E-state index contributed by atoms with van der Waals surface area (Å²) in [6, 6.07) is 14.5. The smallest absolute Gasteiger partial charge is 0.349 e. The van der Waals surface area contributed by atoms with Gasteiger partial charge in [0.05, 0.1) is 31.8 Å². The molecule has 34 heavy (non-hydrogen) atoms. The van der Waals surface area contributed by atoms with Crippen molar-refractivity contribution in [2.75, 3.05) is 5.73 Å². The molecule has 0 amide bonds. The van der Waals surface area contributed by atoms with Gasteiger partial charge in [0.2, 0.25) is 5.82 Å². The number of nitrogen functional groups attached to an aromatic ring is 1. The number of hydrogen-bond donors (Lipinski definition) is 2. The highest BCUT2D eigenvalue weighted by atomic mass is 35.5. The Hall–Kier alpha value is -3.66. The molecule has 0 aliphatic rings. The molecule has 0 spiro atoms. The Labute approximate surface area is 206 Å². The second-order valence-electron chi connectivity index (χ2n) is 7.38. The van der Waals surface area contributed by atoms with Gasteiger partial charge in [-0.3, -0.25) is 9.78 Å². The van der Waals surface area contributed by atoms with Gasteiger partial charge in [-0.1, -0.05) is 29.3 Å². The number of H-pyrrole nitrogens is 1. The molecule has 3 N–H and O–H groups in total. The molecule has 2 aromatic carbocycles. The molecule has 0 atom stereocenters. The quantitative estimate of drug-likeness (QED) is 0.343. The molecule has 0 saturated carbocycles. The molecule has 170 valence electrons. The molecule has 5 rings (SSSR count). The topological polar surface area (TPSA) is 116 Å². The first kappa shape index (κ1) is 22.1. The maximum Gasteiger partial charge on any atom is 0.349 e. The lowest BCUT2D eigenvalue weighted by molar-refractivity contribution is 0.483. The van der Waals surface area contributed by atoms with Crippen LogP contribution < -0.4 is 21.7 Å². The Morgan fingerprint density at radius 3 is 2.56 bits per heavy atom. The largest absolute Gasteiger partial charge is 0.454 e. The van der Waals surface area contributed by atoms with E-state index in [9.17, 15) is 9.59 Å². The fraction of sp³-hybridized carbons (Fsp3) is 0.0435. The molecule has 11 heteroatoms. The van der Waals surface area contributed by atoms with Crippen molar-refractivity contribution in [2.45, 2.75) is 6.92 Å². The van der Waals surface area contributed by atoms with E-state index >= 15 is 0 Å². The SMILES string of the molecule is Cc1cc(-c2cccs2)nc2ccc(Oc3c(Cl)cc(-n4nc(N)c(=O)[nH]c4=O)cc3Cl)cc12. The van der Waals surface area contributed by atoms with E-state index in [0.717, 1.165) is 31.7 Å². The molecule has 8 nitrogen and oxygen atoms in total. The van der Waals surface area contributed by atoms with Crippen molar-refractivity contribution in [3.8, 4) is 27.8 Å². The van der Waals surface area contributed by atoms with E-state index in [2.05, 4.69) is 10.1 Å². The number of ether oxygens (including phenoxy) is 1. The van der Waals surface area contributed by atoms with Crippen LogP contribution in [0.5, 0.6) is 11.5 Å². The van der Waals surface area contributed by atoms with Crippen LogP contribution in [0.3, 0.4) is 0 Å². The molecule has 3 aromatic heterocycles. The van der Waals surface area contributed by atoms with Crippen LogP contribution in [0, 0.1) is 6.92 Å². The van der Waals surface area contributed by atoms with Gasteiger partial charge in [0.1, 0.15) is 5.75 Å². The van der Waals surface area contributed by atoms with Gasteiger partial charge in [0.25, 0.3) is 5.56 Å². The summed E-state index contributed by atoms with van der Waals surface area (Å²) in [5.41, 5.74) is 6.99. The Morgan fingerprint density at radius 1 is 1.09 bits per heavy atom. The first-order valence-electron chi connectivity index (χ1n) is 9.92. The number of thiophene rings is 1. The maximum atomic E-state index is 12.1. The minimum atomic E-state index is -0.778. The van der Waals surface area contributed by atoms with Gasteiger partial charge in [-0.2, -0.15) is 4.68 Å². The minimum Gasteiger partial charge on any atom is -0.454 e. The number of aryl methyl sites for hydroxylation is 1. The van der Waals surface area contributed by atoms with Crippen LogP contribution in [-0.2, 0) is 0 Å². The molecular weight excluding hydrogens is 497 g/mol. The predicted octanol–water partition coefficient (Wildman–Crippen LogP) is 5.19. The summed E-state index contributed by atoms with van der Waals surface area (Å²) in [5, 5.41) is 7.02. The Bertz CT molecular complexity index is 1660. The van der Waals surface area contributed by atoms with Crippen LogP contribution in [0.25, 0.3) is 27.2 Å². The van der Waals surface area contributed by atoms with E-state index in [0.29, 0.717) is 5.75 Å². The molecule has 3 heterocycles. The summed E-state index contributed by atoms with van der Waals surface area (Å²) < 4.78 is 6.89. The van der Waals surface area contributed by atoms with Crippen LogP contribution in [-0.4, -0.2) is 19.7 Å². The van der Waals surface area contributed by atoms with Crippen molar-refractivity contribution in [1.82, 2.24) is 19.7 Å². The van der Waals surface area contributed by atoms with Gasteiger partial charge in [-0.25, -0.2) is 9.78 Å². The highest BCUT2D eigenvalue weighted by Gasteiger charge is 2.15. The number of nitrogens with one attached hydrogen (secondary N) is 1. The average molecular weight is 512 g/mol. The lowest BCUT2D eigenvalue weighted by Crippen LogP contribution is -2.33. The normalized spacial score (nSPS) is 11.1. The molecule has 0 aliphatic heterocycles. The number of nitrogens with zero attached hydrogens (tertiary/aromatic N) is 3. The number of rotatable bonds is 4. The Morgan fingerprint density at radius 2 is 1.85 bits per heavy atom. The molecule has 0 aliphatic carbocycles. The summed E-state index contributed by atoms with van der Waals surface area (Å²) in [5.74, 6) is 0.355. The third kappa shape index (κ3) is 4.05. The van der Waals surface area contributed by atoms with Gasteiger partial charge in [-0.05, 0) is 60.3 Å². The van der Waals surface area contributed by atoms with Gasteiger partial charge in [0, 0.05) is 5.39 Å². The summed E-state index contributed by atoms with van der Waals surface area (Å²) in [4.78, 5) is 31.5. The number of aromatic nitrogens is 4. The average Bonchev–Trinajstić information content (AvgIpc) is 3.34. The standard InChI is InChI=1S/C23H15Cl2N5O3S/c1-11-7-18(19-3-2-6-34-19)27-17-5-4-13(10-14(11)17)33-20-15(24)8-12(9-16(20)25)30-23(32)28-22(31)21(26)29-30/h2-10H,1H3,(H2,26,29)(H,28,31,32). The zero-order valence-corrected chi connectivity index (χ0v) is 19.8. The highest BCUT2D eigenvalue weighted by Crippen LogP contribution is 2.39. The Kier molecular flexibility index (Phi) is 5.60. The number of anilines is 1. The molecule has 0 saturated heterocycles. The number of fused-ring (bicyclic) bond motifs is 1. The van der Waals surface area contributed by atoms with E-state index in [4.69, 9.17) is 38.7 Å². The fourth-order valence-corrected chi connectivity index (χ4v) is 4.70.